The van der Waals surface area contributed by atoms with Crippen LogP contribution in [0.1, 0.15) is 25.3 Å². The molecule has 1 aliphatic carbocycles. The van der Waals surface area contributed by atoms with Crippen LogP contribution in [0.4, 0.5) is 11.6 Å². The molecule has 1 amide bonds. The third kappa shape index (κ3) is 5.48. The Balaban J connectivity index is 1.56. The number of nitrogens with one attached hydrogen (secondary N) is 2. The highest BCUT2D eigenvalue weighted by Crippen LogP contribution is 2.31. The van der Waals surface area contributed by atoms with Gasteiger partial charge in [-0.15, -0.1) is 0 Å². The van der Waals surface area contributed by atoms with Crippen molar-refractivity contribution in [1.29, 1.82) is 0 Å². The van der Waals surface area contributed by atoms with Gasteiger partial charge < -0.3 is 19.9 Å². The number of piperazine rings is 1. The second-order valence-electron chi connectivity index (χ2n) is 8.98. The van der Waals surface area contributed by atoms with Gasteiger partial charge in [0.1, 0.15) is 11.6 Å². The number of hydrogen-bond acceptors (Lipinski definition) is 7. The Morgan fingerprint density at radius 3 is 2.71 bits per heavy atom. The fraction of sp³-hybridized carbons (Fsp3) is 0.522. The molecule has 0 spiro atoms. The van der Waals surface area contributed by atoms with Crippen LogP contribution in [0.15, 0.2) is 29.2 Å². The summed E-state index contributed by atoms with van der Waals surface area (Å²) in [5, 5.41) is 2.86. The van der Waals surface area contributed by atoms with Crippen LogP contribution in [0, 0.1) is 12.8 Å². The number of aromatic nitrogens is 2. The standard InChI is InChI=1S/C23H31N5O5S/c1-15-13-24-20(25-23(30)17-4-5-17)12-19(15)18-10-21(26-22(29)11-18)28-7-6-27(14-16(28)2)34(31,32)9-8-33-3/h10-13,16-17H,4-9,14H2,1-3H3,(H,26,29)(H,24,25,30)/t16-/m0/s1. The van der Waals surface area contributed by atoms with Gasteiger partial charge in [0.2, 0.25) is 21.5 Å². The molecule has 4 rings (SSSR count). The molecule has 2 N–H and O–H groups in total. The van der Waals surface area contributed by atoms with E-state index in [-0.39, 0.29) is 35.8 Å². The molecule has 1 saturated carbocycles. The number of aromatic amines is 1. The molecule has 1 saturated heterocycles. The van der Waals surface area contributed by atoms with Crippen LogP contribution in [0.2, 0.25) is 0 Å². The Bertz CT molecular complexity index is 1220. The van der Waals surface area contributed by atoms with Crippen molar-refractivity contribution < 1.29 is 17.9 Å². The van der Waals surface area contributed by atoms with Gasteiger partial charge in [0.05, 0.1) is 12.4 Å². The number of anilines is 2. The zero-order valence-electron chi connectivity index (χ0n) is 19.7. The highest BCUT2D eigenvalue weighted by molar-refractivity contribution is 7.89. The first-order valence-corrected chi connectivity index (χ1v) is 13.0. The molecule has 1 atom stereocenters. The first-order chi connectivity index (χ1) is 16.2. The zero-order chi connectivity index (χ0) is 24.5. The maximum atomic E-state index is 12.6. The van der Waals surface area contributed by atoms with Gasteiger partial charge in [-0.25, -0.2) is 13.4 Å². The average molecular weight is 490 g/mol. The number of nitrogens with zero attached hydrogens (tertiary/aromatic N) is 3. The highest BCUT2D eigenvalue weighted by Gasteiger charge is 2.32. The monoisotopic (exact) mass is 489 g/mol. The van der Waals surface area contributed by atoms with Crippen molar-refractivity contribution >= 4 is 27.6 Å². The molecule has 1 aliphatic heterocycles. The number of aryl methyl sites for hydroxylation is 1. The van der Waals surface area contributed by atoms with Crippen LogP contribution < -0.4 is 15.8 Å². The number of carbonyl (C=O) groups excluding carboxylic acids is 1. The number of carbonyl (C=O) groups is 1. The molecule has 10 nitrogen and oxygen atoms in total. The predicted octanol–water partition coefficient (Wildman–Crippen LogP) is 1.58. The molecule has 2 aromatic heterocycles. The molecule has 2 aliphatic rings. The maximum Gasteiger partial charge on any atom is 0.250 e. The maximum absolute atomic E-state index is 12.6. The molecule has 3 heterocycles. The predicted molar refractivity (Wildman–Crippen MR) is 130 cm³/mol. The van der Waals surface area contributed by atoms with Crippen molar-refractivity contribution in [2.24, 2.45) is 5.92 Å². The summed E-state index contributed by atoms with van der Waals surface area (Å²) in [4.78, 5) is 33.9. The van der Waals surface area contributed by atoms with Crippen molar-refractivity contribution in [2.75, 3.05) is 49.3 Å². The number of rotatable bonds is 8. The molecule has 11 heteroatoms. The minimum Gasteiger partial charge on any atom is -0.384 e. The number of methoxy groups -OCH3 is 1. The summed E-state index contributed by atoms with van der Waals surface area (Å²) in [7, 11) is -1.92. The molecule has 184 valence electrons. The second kappa shape index (κ2) is 9.85. The van der Waals surface area contributed by atoms with E-state index in [1.807, 2.05) is 24.8 Å². The Labute approximate surface area is 199 Å². The lowest BCUT2D eigenvalue weighted by Crippen LogP contribution is -2.54. The van der Waals surface area contributed by atoms with Crippen LogP contribution in [0.25, 0.3) is 11.1 Å². The summed E-state index contributed by atoms with van der Waals surface area (Å²) < 4.78 is 31.5. The van der Waals surface area contributed by atoms with Crippen LogP contribution in [-0.2, 0) is 19.6 Å². The molecular weight excluding hydrogens is 458 g/mol. The molecule has 0 aromatic carbocycles. The summed E-state index contributed by atoms with van der Waals surface area (Å²) in [6.45, 7) is 5.10. The zero-order valence-corrected chi connectivity index (χ0v) is 20.5. The minimum atomic E-state index is -3.40. The highest BCUT2D eigenvalue weighted by atomic mass is 32.2. The van der Waals surface area contributed by atoms with E-state index in [4.69, 9.17) is 4.74 Å². The van der Waals surface area contributed by atoms with E-state index in [0.717, 1.165) is 24.0 Å². The van der Waals surface area contributed by atoms with Crippen molar-refractivity contribution in [3.8, 4) is 11.1 Å². The molecule has 2 fully saturated rings. The fourth-order valence-corrected chi connectivity index (χ4v) is 5.61. The molecule has 0 bridgehead atoms. The molecular formula is C23H31N5O5S. The lowest BCUT2D eigenvalue weighted by atomic mass is 10.0. The third-order valence-electron chi connectivity index (χ3n) is 6.28. The van der Waals surface area contributed by atoms with E-state index in [2.05, 4.69) is 15.3 Å². The molecule has 34 heavy (non-hydrogen) atoms. The molecule has 0 unspecified atom stereocenters. The van der Waals surface area contributed by atoms with Crippen LogP contribution in [0.3, 0.4) is 0 Å². The van der Waals surface area contributed by atoms with Crippen molar-refractivity contribution in [2.45, 2.75) is 32.7 Å². The largest absolute Gasteiger partial charge is 0.384 e. The average Bonchev–Trinajstić information content (AvgIpc) is 3.64. The van der Waals surface area contributed by atoms with Gasteiger partial charge in [-0.1, -0.05) is 0 Å². The first kappa shape index (κ1) is 24.4. The van der Waals surface area contributed by atoms with Gasteiger partial charge in [0.15, 0.2) is 0 Å². The Morgan fingerprint density at radius 2 is 2.03 bits per heavy atom. The van der Waals surface area contributed by atoms with E-state index in [9.17, 15) is 18.0 Å². The van der Waals surface area contributed by atoms with Gasteiger partial charge in [0.25, 0.3) is 0 Å². The van der Waals surface area contributed by atoms with E-state index in [0.29, 0.717) is 36.8 Å². The van der Waals surface area contributed by atoms with Gasteiger partial charge >= 0.3 is 0 Å². The van der Waals surface area contributed by atoms with Gasteiger partial charge in [-0.2, -0.15) is 4.31 Å². The fourth-order valence-electron chi connectivity index (χ4n) is 4.17. The van der Waals surface area contributed by atoms with Crippen LogP contribution in [-0.4, -0.2) is 73.7 Å². The summed E-state index contributed by atoms with van der Waals surface area (Å²) >= 11 is 0. The number of pyridine rings is 2. The van der Waals surface area contributed by atoms with E-state index in [1.54, 1.807) is 12.3 Å². The number of amides is 1. The summed E-state index contributed by atoms with van der Waals surface area (Å²) in [6, 6.07) is 5.07. The summed E-state index contributed by atoms with van der Waals surface area (Å²) in [5.74, 6) is 1.08. The number of hydrogen-bond donors (Lipinski definition) is 2. The number of H-pyrrole nitrogens is 1. The topological polar surface area (TPSA) is 125 Å². The van der Waals surface area contributed by atoms with Gasteiger partial charge in [0, 0.05) is 51.0 Å². The molecule has 2 aromatic rings. The second-order valence-corrected chi connectivity index (χ2v) is 11.1. The lowest BCUT2D eigenvalue weighted by Gasteiger charge is -2.40. The van der Waals surface area contributed by atoms with E-state index in [1.165, 1.54) is 17.5 Å². The Morgan fingerprint density at radius 1 is 1.26 bits per heavy atom. The molecule has 0 radical (unpaired) electrons. The van der Waals surface area contributed by atoms with Crippen LogP contribution in [0.5, 0.6) is 0 Å². The SMILES string of the molecule is COCCS(=O)(=O)N1CCN(c2cc(-c3cc(NC(=O)C4CC4)ncc3C)cc(=O)[nH]2)[C@@H](C)C1. The quantitative estimate of drug-likeness (QED) is 0.577. The van der Waals surface area contributed by atoms with Gasteiger partial charge in [-0.05, 0) is 55.5 Å². The smallest absolute Gasteiger partial charge is 0.250 e. The summed E-state index contributed by atoms with van der Waals surface area (Å²) in [6.07, 6.45) is 3.49. The Kier molecular flexibility index (Phi) is 7.06. The van der Waals surface area contributed by atoms with Crippen molar-refractivity contribution in [3.05, 3.63) is 40.3 Å². The van der Waals surface area contributed by atoms with Crippen LogP contribution >= 0.6 is 0 Å². The normalized spacial score (nSPS) is 19.3. The summed E-state index contributed by atoms with van der Waals surface area (Å²) in [5.41, 5.74) is 2.14. The van der Waals surface area contributed by atoms with E-state index >= 15 is 0 Å². The number of ether oxygens (including phenoxy) is 1. The van der Waals surface area contributed by atoms with Gasteiger partial charge in [-0.3, -0.25) is 9.59 Å². The Hall–Kier alpha value is -2.76. The van der Waals surface area contributed by atoms with Crippen molar-refractivity contribution in [3.63, 3.8) is 0 Å². The minimum absolute atomic E-state index is 0.0268. The first-order valence-electron chi connectivity index (χ1n) is 11.4. The lowest BCUT2D eigenvalue weighted by molar-refractivity contribution is -0.117. The third-order valence-corrected chi connectivity index (χ3v) is 8.08. The van der Waals surface area contributed by atoms with E-state index < -0.39 is 10.0 Å². The van der Waals surface area contributed by atoms with Crippen molar-refractivity contribution in [1.82, 2.24) is 14.3 Å². The number of sulfonamides is 1.